The number of hydrogen-bond donors (Lipinski definition) is 2. The highest BCUT2D eigenvalue weighted by Crippen LogP contribution is 2.40. The van der Waals surface area contributed by atoms with E-state index in [0.717, 1.165) is 23.4 Å². The lowest BCUT2D eigenvalue weighted by molar-refractivity contribution is -0.154. The molecular weight excluding hydrogens is 258 g/mol. The standard InChI is InChI=1S/C14H21N3O3/c1-9-11(10(2)17(3)16-9)7-12(18)15-8-14(13(19)20)5-4-6-14/h4-8H2,1-3H3,(H,15,18)(H,19,20). The van der Waals surface area contributed by atoms with Gasteiger partial charge in [-0.2, -0.15) is 5.10 Å². The average Bonchev–Trinajstić information content (AvgIpc) is 2.54. The molecule has 6 heteroatoms. The number of nitrogens with one attached hydrogen (secondary N) is 1. The Balaban J connectivity index is 1.95. The van der Waals surface area contributed by atoms with Gasteiger partial charge in [0.2, 0.25) is 5.91 Å². The molecule has 0 spiro atoms. The zero-order chi connectivity index (χ0) is 14.9. The van der Waals surface area contributed by atoms with Crippen LogP contribution in [0, 0.1) is 19.3 Å². The zero-order valence-electron chi connectivity index (χ0n) is 12.2. The molecule has 110 valence electrons. The topological polar surface area (TPSA) is 84.2 Å². The molecule has 0 saturated heterocycles. The van der Waals surface area contributed by atoms with Crippen molar-refractivity contribution in [1.82, 2.24) is 15.1 Å². The van der Waals surface area contributed by atoms with Gasteiger partial charge < -0.3 is 10.4 Å². The maximum absolute atomic E-state index is 12.0. The number of hydrogen-bond acceptors (Lipinski definition) is 3. The van der Waals surface area contributed by atoms with Crippen LogP contribution in [0.4, 0.5) is 0 Å². The Bertz CT molecular complexity index is 544. The molecule has 0 atom stereocenters. The number of aromatic nitrogens is 2. The summed E-state index contributed by atoms with van der Waals surface area (Å²) in [6.45, 7) is 4.02. The van der Waals surface area contributed by atoms with Gasteiger partial charge in [-0.1, -0.05) is 6.42 Å². The summed E-state index contributed by atoms with van der Waals surface area (Å²) in [5.41, 5.74) is 1.99. The van der Waals surface area contributed by atoms with Gasteiger partial charge in [0.25, 0.3) is 0 Å². The van der Waals surface area contributed by atoms with Gasteiger partial charge in [0, 0.05) is 24.8 Å². The minimum Gasteiger partial charge on any atom is -0.481 e. The Kier molecular flexibility index (Phi) is 3.83. The SMILES string of the molecule is Cc1nn(C)c(C)c1CC(=O)NCC1(C(=O)O)CCC1. The molecule has 20 heavy (non-hydrogen) atoms. The van der Waals surface area contributed by atoms with E-state index in [4.69, 9.17) is 0 Å². The second-order valence-corrected chi connectivity index (χ2v) is 5.67. The second kappa shape index (κ2) is 5.26. The fraction of sp³-hybridized carbons (Fsp3) is 0.643. The highest BCUT2D eigenvalue weighted by Gasteiger charge is 2.44. The fourth-order valence-corrected chi connectivity index (χ4v) is 2.63. The smallest absolute Gasteiger partial charge is 0.311 e. The largest absolute Gasteiger partial charge is 0.481 e. The van der Waals surface area contributed by atoms with E-state index < -0.39 is 11.4 Å². The van der Waals surface area contributed by atoms with E-state index >= 15 is 0 Å². The molecule has 1 amide bonds. The number of carboxylic acid groups (broad SMARTS) is 1. The molecule has 0 aromatic carbocycles. The number of carbonyl (C=O) groups is 2. The molecule has 1 aliphatic carbocycles. The van der Waals surface area contributed by atoms with Crippen molar-refractivity contribution in [1.29, 1.82) is 0 Å². The third kappa shape index (κ3) is 2.55. The molecule has 1 aromatic rings. The fourth-order valence-electron chi connectivity index (χ4n) is 2.63. The number of aliphatic carboxylic acids is 1. The number of rotatable bonds is 5. The van der Waals surface area contributed by atoms with Crippen LogP contribution >= 0.6 is 0 Å². The van der Waals surface area contributed by atoms with Crippen molar-refractivity contribution in [3.63, 3.8) is 0 Å². The first-order chi connectivity index (χ1) is 9.35. The summed E-state index contributed by atoms with van der Waals surface area (Å²) in [6, 6.07) is 0. The van der Waals surface area contributed by atoms with Gasteiger partial charge in [-0.15, -0.1) is 0 Å². The highest BCUT2D eigenvalue weighted by molar-refractivity contribution is 5.81. The summed E-state index contributed by atoms with van der Waals surface area (Å²) in [6.07, 6.45) is 2.46. The highest BCUT2D eigenvalue weighted by atomic mass is 16.4. The third-order valence-electron chi connectivity index (χ3n) is 4.38. The van der Waals surface area contributed by atoms with Crippen molar-refractivity contribution in [3.8, 4) is 0 Å². The van der Waals surface area contributed by atoms with Crippen molar-refractivity contribution in [2.45, 2.75) is 39.5 Å². The van der Waals surface area contributed by atoms with Gasteiger partial charge in [-0.25, -0.2) is 0 Å². The molecule has 0 unspecified atom stereocenters. The van der Waals surface area contributed by atoms with Crippen LogP contribution in [-0.4, -0.2) is 33.3 Å². The van der Waals surface area contributed by atoms with Crippen LogP contribution < -0.4 is 5.32 Å². The summed E-state index contributed by atoms with van der Waals surface area (Å²) in [5.74, 6) is -0.950. The van der Waals surface area contributed by atoms with Crippen molar-refractivity contribution in [2.75, 3.05) is 6.54 Å². The van der Waals surface area contributed by atoms with Crippen molar-refractivity contribution < 1.29 is 14.7 Å². The number of carboxylic acids is 1. The van der Waals surface area contributed by atoms with E-state index in [1.807, 2.05) is 20.9 Å². The summed E-state index contributed by atoms with van der Waals surface area (Å²) in [5, 5.41) is 16.2. The number of amides is 1. The summed E-state index contributed by atoms with van der Waals surface area (Å²) in [7, 11) is 1.84. The lowest BCUT2D eigenvalue weighted by atomic mass is 9.69. The van der Waals surface area contributed by atoms with E-state index in [9.17, 15) is 14.7 Å². The minimum atomic E-state index is -0.808. The van der Waals surface area contributed by atoms with Crippen LogP contribution in [-0.2, 0) is 23.1 Å². The Morgan fingerprint density at radius 2 is 2.05 bits per heavy atom. The first kappa shape index (κ1) is 14.6. The third-order valence-corrected chi connectivity index (χ3v) is 4.38. The van der Waals surface area contributed by atoms with Gasteiger partial charge in [0.05, 0.1) is 17.5 Å². The molecule has 1 fully saturated rings. The van der Waals surface area contributed by atoms with E-state index in [2.05, 4.69) is 10.4 Å². The normalized spacial score (nSPS) is 16.6. The summed E-state index contributed by atoms with van der Waals surface area (Å²) < 4.78 is 1.75. The first-order valence-corrected chi connectivity index (χ1v) is 6.85. The van der Waals surface area contributed by atoms with Crippen LogP contribution in [0.15, 0.2) is 0 Å². The number of nitrogens with zero attached hydrogens (tertiary/aromatic N) is 2. The van der Waals surface area contributed by atoms with E-state index in [-0.39, 0.29) is 18.9 Å². The molecule has 6 nitrogen and oxygen atoms in total. The quantitative estimate of drug-likeness (QED) is 0.840. The second-order valence-electron chi connectivity index (χ2n) is 5.67. The van der Waals surface area contributed by atoms with Crippen LogP contribution in [0.5, 0.6) is 0 Å². The molecule has 0 bridgehead atoms. The lowest BCUT2D eigenvalue weighted by Gasteiger charge is -2.37. The van der Waals surface area contributed by atoms with E-state index in [1.54, 1.807) is 4.68 Å². The van der Waals surface area contributed by atoms with Crippen LogP contribution in [0.1, 0.15) is 36.2 Å². The molecular formula is C14H21N3O3. The predicted octanol–water partition coefficient (Wildman–Crippen LogP) is 0.951. The molecule has 2 rings (SSSR count). The Labute approximate surface area is 118 Å². The van der Waals surface area contributed by atoms with Crippen LogP contribution in [0.25, 0.3) is 0 Å². The van der Waals surface area contributed by atoms with Crippen LogP contribution in [0.3, 0.4) is 0 Å². The van der Waals surface area contributed by atoms with Gasteiger partial charge in [0.15, 0.2) is 0 Å². The Hall–Kier alpha value is -1.85. The van der Waals surface area contributed by atoms with Gasteiger partial charge in [-0.3, -0.25) is 14.3 Å². The van der Waals surface area contributed by atoms with Crippen molar-refractivity contribution in [3.05, 3.63) is 17.0 Å². The molecule has 1 heterocycles. The monoisotopic (exact) mass is 279 g/mol. The maximum atomic E-state index is 12.0. The summed E-state index contributed by atoms with van der Waals surface area (Å²) >= 11 is 0. The molecule has 0 radical (unpaired) electrons. The molecule has 1 saturated carbocycles. The zero-order valence-corrected chi connectivity index (χ0v) is 12.2. The van der Waals surface area contributed by atoms with Gasteiger partial charge >= 0.3 is 5.97 Å². The Morgan fingerprint density at radius 1 is 1.40 bits per heavy atom. The molecule has 1 aromatic heterocycles. The molecule has 0 aliphatic heterocycles. The van der Waals surface area contributed by atoms with Gasteiger partial charge in [-0.05, 0) is 26.7 Å². The van der Waals surface area contributed by atoms with E-state index in [1.165, 1.54) is 0 Å². The van der Waals surface area contributed by atoms with Crippen molar-refractivity contribution >= 4 is 11.9 Å². The maximum Gasteiger partial charge on any atom is 0.311 e. The molecule has 1 aliphatic rings. The van der Waals surface area contributed by atoms with Gasteiger partial charge in [0.1, 0.15) is 0 Å². The predicted molar refractivity (Wildman–Crippen MR) is 73.3 cm³/mol. The van der Waals surface area contributed by atoms with E-state index in [0.29, 0.717) is 12.8 Å². The average molecular weight is 279 g/mol. The first-order valence-electron chi connectivity index (χ1n) is 6.85. The minimum absolute atomic E-state index is 0.142. The number of carbonyl (C=O) groups excluding carboxylic acids is 1. The lowest BCUT2D eigenvalue weighted by Crippen LogP contribution is -2.47. The summed E-state index contributed by atoms with van der Waals surface area (Å²) in [4.78, 5) is 23.2. The van der Waals surface area contributed by atoms with Crippen LogP contribution in [0.2, 0.25) is 0 Å². The Morgan fingerprint density at radius 3 is 2.45 bits per heavy atom. The molecule has 2 N–H and O–H groups in total. The number of aryl methyl sites for hydroxylation is 2. The van der Waals surface area contributed by atoms with Crippen molar-refractivity contribution in [2.24, 2.45) is 12.5 Å².